The lowest BCUT2D eigenvalue weighted by atomic mass is 10.1. The lowest BCUT2D eigenvalue weighted by Gasteiger charge is -2.12. The average molecular weight is 379 g/mol. The maximum atomic E-state index is 12.7. The van der Waals surface area contributed by atoms with Gasteiger partial charge in [0.05, 0.1) is 22.3 Å². The molecule has 0 saturated heterocycles. The van der Waals surface area contributed by atoms with E-state index in [0.29, 0.717) is 22.1 Å². The molecule has 0 atom stereocenters. The SMILES string of the molecule is O=S(=O)(Nc1cc2c(cc1-c1ncco1)OCO2)c1cccc(Cl)c1. The summed E-state index contributed by atoms with van der Waals surface area (Å²) in [6, 6.07) is 9.12. The number of ether oxygens (including phenoxy) is 2. The summed E-state index contributed by atoms with van der Waals surface area (Å²) in [5, 5.41) is 0.321. The number of oxazole rings is 1. The Bertz CT molecular complexity index is 1030. The van der Waals surface area contributed by atoms with E-state index in [1.165, 1.54) is 30.7 Å². The summed E-state index contributed by atoms with van der Waals surface area (Å²) in [5.74, 6) is 1.17. The Kier molecular flexibility index (Phi) is 3.78. The molecule has 0 radical (unpaired) electrons. The molecule has 7 nitrogen and oxygen atoms in total. The zero-order chi connectivity index (χ0) is 17.4. The van der Waals surface area contributed by atoms with E-state index in [2.05, 4.69) is 9.71 Å². The molecule has 9 heteroatoms. The van der Waals surface area contributed by atoms with Crippen molar-refractivity contribution in [2.75, 3.05) is 11.5 Å². The first kappa shape index (κ1) is 15.8. The number of aromatic nitrogens is 1. The van der Waals surface area contributed by atoms with Gasteiger partial charge in [0, 0.05) is 11.1 Å². The summed E-state index contributed by atoms with van der Waals surface area (Å²) in [5.41, 5.74) is 0.687. The van der Waals surface area contributed by atoms with E-state index in [0.717, 1.165) is 0 Å². The minimum atomic E-state index is -3.87. The Labute approximate surface area is 148 Å². The molecule has 0 aliphatic carbocycles. The minimum absolute atomic E-state index is 0.0380. The quantitative estimate of drug-likeness (QED) is 0.746. The maximum Gasteiger partial charge on any atom is 0.261 e. The zero-order valence-electron chi connectivity index (χ0n) is 12.6. The molecule has 0 fully saturated rings. The van der Waals surface area contributed by atoms with Crippen LogP contribution in [0.2, 0.25) is 5.02 Å². The second kappa shape index (κ2) is 5.98. The largest absolute Gasteiger partial charge is 0.454 e. The van der Waals surface area contributed by atoms with Crippen molar-refractivity contribution in [1.29, 1.82) is 0 Å². The summed E-state index contributed by atoms with van der Waals surface area (Å²) in [7, 11) is -3.87. The third-order valence-corrected chi connectivity index (χ3v) is 5.12. The predicted octanol–water partition coefficient (Wildman–Crippen LogP) is 3.52. The van der Waals surface area contributed by atoms with Crippen molar-refractivity contribution in [2.24, 2.45) is 0 Å². The molecule has 0 spiro atoms. The zero-order valence-corrected chi connectivity index (χ0v) is 14.2. The number of hydrogen-bond donors (Lipinski definition) is 1. The Hall–Kier alpha value is -2.71. The van der Waals surface area contributed by atoms with E-state index in [-0.39, 0.29) is 23.3 Å². The highest BCUT2D eigenvalue weighted by Gasteiger charge is 2.23. The standard InChI is InChI=1S/C16H11ClN2O5S/c17-10-2-1-3-11(6-10)25(20,21)19-13-8-15-14(23-9-24-15)7-12(13)16-18-4-5-22-16/h1-8,19H,9H2. The molecule has 128 valence electrons. The van der Waals surface area contributed by atoms with Crippen molar-refractivity contribution >= 4 is 27.3 Å². The molecule has 0 saturated carbocycles. The molecule has 0 amide bonds. The molecular weight excluding hydrogens is 368 g/mol. The molecule has 4 rings (SSSR count). The molecule has 0 bridgehead atoms. The van der Waals surface area contributed by atoms with Gasteiger partial charge in [-0.3, -0.25) is 4.72 Å². The van der Waals surface area contributed by atoms with Crippen molar-refractivity contribution in [2.45, 2.75) is 4.90 Å². The summed E-state index contributed by atoms with van der Waals surface area (Å²) < 4.78 is 43.8. The molecule has 0 unspecified atom stereocenters. The topological polar surface area (TPSA) is 90.7 Å². The summed E-state index contributed by atoms with van der Waals surface area (Å²) in [6.45, 7) is 0.0604. The number of nitrogens with one attached hydrogen (secondary N) is 1. The Morgan fingerprint density at radius 3 is 2.64 bits per heavy atom. The number of nitrogens with zero attached hydrogens (tertiary/aromatic N) is 1. The van der Waals surface area contributed by atoms with Gasteiger partial charge in [-0.1, -0.05) is 17.7 Å². The number of anilines is 1. The first-order chi connectivity index (χ1) is 12.0. The summed E-state index contributed by atoms with van der Waals surface area (Å²) in [4.78, 5) is 4.11. The highest BCUT2D eigenvalue weighted by Crippen LogP contribution is 2.41. The van der Waals surface area contributed by atoms with Gasteiger partial charge in [-0.2, -0.15) is 0 Å². The Balaban J connectivity index is 1.80. The molecule has 1 aliphatic heterocycles. The van der Waals surface area contributed by atoms with E-state index in [1.807, 2.05) is 0 Å². The van der Waals surface area contributed by atoms with Crippen LogP contribution in [0.1, 0.15) is 0 Å². The fraction of sp³-hybridized carbons (Fsp3) is 0.0625. The molecule has 1 aromatic heterocycles. The van der Waals surface area contributed by atoms with Crippen LogP contribution in [0.15, 0.2) is 58.2 Å². The molecule has 2 heterocycles. The van der Waals surface area contributed by atoms with Crippen LogP contribution in [0, 0.1) is 0 Å². The number of sulfonamides is 1. The van der Waals surface area contributed by atoms with Crippen molar-refractivity contribution in [3.8, 4) is 23.0 Å². The third kappa shape index (κ3) is 3.01. The van der Waals surface area contributed by atoms with E-state index in [9.17, 15) is 8.42 Å². The number of benzene rings is 2. The number of fused-ring (bicyclic) bond motifs is 1. The number of hydrogen-bond acceptors (Lipinski definition) is 6. The molecule has 3 aromatic rings. The van der Waals surface area contributed by atoms with Crippen LogP contribution in [0.25, 0.3) is 11.5 Å². The average Bonchev–Trinajstić information content (AvgIpc) is 3.25. The Morgan fingerprint density at radius 1 is 1.12 bits per heavy atom. The first-order valence-electron chi connectivity index (χ1n) is 7.15. The maximum absolute atomic E-state index is 12.7. The summed E-state index contributed by atoms with van der Waals surface area (Å²) in [6.07, 6.45) is 2.87. The van der Waals surface area contributed by atoms with Crippen molar-refractivity contribution in [3.63, 3.8) is 0 Å². The predicted molar refractivity (Wildman–Crippen MR) is 90.3 cm³/mol. The fourth-order valence-electron chi connectivity index (χ4n) is 2.40. The van der Waals surface area contributed by atoms with E-state index >= 15 is 0 Å². The second-order valence-electron chi connectivity index (χ2n) is 5.15. The van der Waals surface area contributed by atoms with Gasteiger partial charge in [-0.15, -0.1) is 0 Å². The first-order valence-corrected chi connectivity index (χ1v) is 9.01. The smallest absolute Gasteiger partial charge is 0.261 e. The van der Waals surface area contributed by atoms with Crippen molar-refractivity contribution < 1.29 is 22.3 Å². The van der Waals surface area contributed by atoms with Gasteiger partial charge in [0.2, 0.25) is 12.7 Å². The highest BCUT2D eigenvalue weighted by atomic mass is 35.5. The van der Waals surface area contributed by atoms with Gasteiger partial charge >= 0.3 is 0 Å². The van der Waals surface area contributed by atoms with Crippen LogP contribution in [0.5, 0.6) is 11.5 Å². The fourth-order valence-corrected chi connectivity index (χ4v) is 3.77. The molecule has 2 aromatic carbocycles. The van der Waals surface area contributed by atoms with Crippen molar-refractivity contribution in [3.05, 3.63) is 53.9 Å². The van der Waals surface area contributed by atoms with Crippen LogP contribution in [0.4, 0.5) is 5.69 Å². The molecular formula is C16H11ClN2O5S. The van der Waals surface area contributed by atoms with Crippen LogP contribution in [-0.4, -0.2) is 20.2 Å². The van der Waals surface area contributed by atoms with Gasteiger partial charge in [0.1, 0.15) is 6.26 Å². The van der Waals surface area contributed by atoms with Gasteiger partial charge < -0.3 is 13.9 Å². The van der Waals surface area contributed by atoms with E-state index < -0.39 is 10.0 Å². The van der Waals surface area contributed by atoms with Gasteiger partial charge in [0.25, 0.3) is 10.0 Å². The summed E-state index contributed by atoms with van der Waals surface area (Å²) >= 11 is 5.89. The normalized spacial score (nSPS) is 13.0. The monoisotopic (exact) mass is 378 g/mol. The lowest BCUT2D eigenvalue weighted by Crippen LogP contribution is -2.13. The minimum Gasteiger partial charge on any atom is -0.454 e. The molecule has 1 aliphatic rings. The van der Waals surface area contributed by atoms with E-state index in [1.54, 1.807) is 18.2 Å². The van der Waals surface area contributed by atoms with E-state index in [4.69, 9.17) is 25.5 Å². The lowest BCUT2D eigenvalue weighted by molar-refractivity contribution is 0.174. The van der Waals surface area contributed by atoms with Gasteiger partial charge in [-0.25, -0.2) is 13.4 Å². The Morgan fingerprint density at radius 2 is 1.92 bits per heavy atom. The molecule has 1 N–H and O–H groups in total. The number of halogens is 1. The highest BCUT2D eigenvalue weighted by molar-refractivity contribution is 7.92. The van der Waals surface area contributed by atoms with Crippen molar-refractivity contribution in [1.82, 2.24) is 4.98 Å². The van der Waals surface area contributed by atoms with Crippen LogP contribution < -0.4 is 14.2 Å². The van der Waals surface area contributed by atoms with Crippen LogP contribution >= 0.6 is 11.6 Å². The second-order valence-corrected chi connectivity index (χ2v) is 7.27. The molecule has 25 heavy (non-hydrogen) atoms. The third-order valence-electron chi connectivity index (χ3n) is 3.53. The number of rotatable bonds is 4. The van der Waals surface area contributed by atoms with Gasteiger partial charge in [0.15, 0.2) is 11.5 Å². The van der Waals surface area contributed by atoms with Gasteiger partial charge in [-0.05, 0) is 24.3 Å². The van der Waals surface area contributed by atoms with Crippen LogP contribution in [0.3, 0.4) is 0 Å². The van der Waals surface area contributed by atoms with Crippen LogP contribution in [-0.2, 0) is 10.0 Å².